The monoisotopic (exact) mass is 250 g/mol. The Morgan fingerprint density at radius 2 is 2.28 bits per heavy atom. The molecule has 0 spiro atoms. The Kier molecular flexibility index (Phi) is 5.20. The van der Waals surface area contributed by atoms with Crippen molar-refractivity contribution in [3.05, 3.63) is 18.7 Å². The molecule has 0 amide bonds. The van der Waals surface area contributed by atoms with E-state index in [1.54, 1.807) is 0 Å². The molecule has 1 aromatic heterocycles. The van der Waals surface area contributed by atoms with Gasteiger partial charge in [-0.1, -0.05) is 13.3 Å². The van der Waals surface area contributed by atoms with Crippen LogP contribution in [0.2, 0.25) is 0 Å². The Hall–Kier alpha value is -0.870. The number of rotatable bonds is 6. The summed E-state index contributed by atoms with van der Waals surface area (Å²) in [6.45, 7) is 6.56. The molecular formula is C14H26N4. The van der Waals surface area contributed by atoms with Gasteiger partial charge in [-0.25, -0.2) is 4.98 Å². The Morgan fingerprint density at radius 1 is 1.39 bits per heavy atom. The summed E-state index contributed by atoms with van der Waals surface area (Å²) in [5, 5.41) is 0. The number of likely N-dealkylation sites (tertiary alicyclic amines) is 1. The quantitative estimate of drug-likeness (QED) is 0.836. The van der Waals surface area contributed by atoms with E-state index in [0.29, 0.717) is 6.04 Å². The van der Waals surface area contributed by atoms with Crippen LogP contribution < -0.4 is 5.73 Å². The van der Waals surface area contributed by atoms with E-state index in [0.717, 1.165) is 25.6 Å². The summed E-state index contributed by atoms with van der Waals surface area (Å²) in [7, 11) is 0. The summed E-state index contributed by atoms with van der Waals surface area (Å²) >= 11 is 0. The molecule has 2 rings (SSSR count). The minimum Gasteiger partial charge on any atom is -0.337 e. The van der Waals surface area contributed by atoms with E-state index in [9.17, 15) is 0 Å². The zero-order valence-electron chi connectivity index (χ0n) is 11.5. The zero-order chi connectivity index (χ0) is 12.8. The van der Waals surface area contributed by atoms with Crippen LogP contribution in [0.5, 0.6) is 0 Å². The van der Waals surface area contributed by atoms with Crippen LogP contribution in [0.1, 0.15) is 32.6 Å². The number of aromatic nitrogens is 2. The fraction of sp³-hybridized carbons (Fsp3) is 0.786. The lowest BCUT2D eigenvalue weighted by molar-refractivity contribution is 0.112. The Morgan fingerprint density at radius 3 is 2.94 bits per heavy atom. The Labute approximate surface area is 110 Å². The van der Waals surface area contributed by atoms with Crippen LogP contribution in [0, 0.1) is 5.92 Å². The van der Waals surface area contributed by atoms with Gasteiger partial charge in [0.25, 0.3) is 0 Å². The van der Waals surface area contributed by atoms with E-state index < -0.39 is 0 Å². The second-order valence-corrected chi connectivity index (χ2v) is 5.38. The third-order valence-electron chi connectivity index (χ3n) is 4.22. The van der Waals surface area contributed by atoms with E-state index in [-0.39, 0.29) is 0 Å². The van der Waals surface area contributed by atoms with Crippen LogP contribution in [-0.4, -0.2) is 40.1 Å². The first-order valence-electron chi connectivity index (χ1n) is 7.23. The van der Waals surface area contributed by atoms with Crippen molar-refractivity contribution in [3.63, 3.8) is 0 Å². The Balaban J connectivity index is 1.74. The third kappa shape index (κ3) is 3.56. The third-order valence-corrected chi connectivity index (χ3v) is 4.22. The van der Waals surface area contributed by atoms with Crippen molar-refractivity contribution in [2.75, 3.05) is 19.6 Å². The molecule has 0 aromatic carbocycles. The first kappa shape index (κ1) is 13.6. The van der Waals surface area contributed by atoms with Crippen LogP contribution in [0.25, 0.3) is 0 Å². The summed E-state index contributed by atoms with van der Waals surface area (Å²) in [5.74, 6) is 0.892. The van der Waals surface area contributed by atoms with Gasteiger partial charge in [-0.3, -0.25) is 4.90 Å². The molecule has 1 saturated heterocycles. The summed E-state index contributed by atoms with van der Waals surface area (Å²) in [4.78, 5) is 6.66. The second kappa shape index (κ2) is 6.90. The lowest BCUT2D eigenvalue weighted by Gasteiger charge is -2.38. The van der Waals surface area contributed by atoms with E-state index in [1.165, 1.54) is 32.2 Å². The number of aryl methyl sites for hydroxylation is 1. The number of nitrogens with two attached hydrogens (primary N) is 1. The number of hydrogen-bond acceptors (Lipinski definition) is 3. The van der Waals surface area contributed by atoms with Crippen LogP contribution in [0.4, 0.5) is 0 Å². The topological polar surface area (TPSA) is 47.1 Å². The summed E-state index contributed by atoms with van der Waals surface area (Å²) in [6.07, 6.45) is 10.9. The standard InChI is InChI=1S/C14H26N4/c1-2-13-4-8-18(14(10-13)11-15)7-3-6-17-9-5-16-12-17/h5,9,12-14H,2-4,6-8,10-11,15H2,1H3. The van der Waals surface area contributed by atoms with Crippen LogP contribution in [0.15, 0.2) is 18.7 Å². The van der Waals surface area contributed by atoms with Crippen molar-refractivity contribution in [1.29, 1.82) is 0 Å². The molecule has 2 heterocycles. The molecule has 1 aromatic rings. The van der Waals surface area contributed by atoms with E-state index in [4.69, 9.17) is 5.73 Å². The molecule has 0 bridgehead atoms. The van der Waals surface area contributed by atoms with Crippen molar-refractivity contribution in [2.24, 2.45) is 11.7 Å². The minimum atomic E-state index is 0.603. The molecule has 4 heteroatoms. The fourth-order valence-corrected chi connectivity index (χ4v) is 2.97. The maximum atomic E-state index is 5.92. The van der Waals surface area contributed by atoms with Gasteiger partial charge in [0.2, 0.25) is 0 Å². The molecule has 2 atom stereocenters. The molecule has 2 N–H and O–H groups in total. The van der Waals surface area contributed by atoms with Gasteiger partial charge in [-0.05, 0) is 31.7 Å². The maximum Gasteiger partial charge on any atom is 0.0945 e. The molecular weight excluding hydrogens is 224 g/mol. The highest BCUT2D eigenvalue weighted by molar-refractivity contribution is 4.82. The van der Waals surface area contributed by atoms with Crippen molar-refractivity contribution in [3.8, 4) is 0 Å². The summed E-state index contributed by atoms with van der Waals surface area (Å²) in [6, 6.07) is 0.603. The first-order chi connectivity index (χ1) is 8.83. The smallest absolute Gasteiger partial charge is 0.0945 e. The maximum absolute atomic E-state index is 5.92. The second-order valence-electron chi connectivity index (χ2n) is 5.38. The normalized spacial score (nSPS) is 25.4. The van der Waals surface area contributed by atoms with Gasteiger partial charge in [-0.15, -0.1) is 0 Å². The first-order valence-corrected chi connectivity index (χ1v) is 7.23. The van der Waals surface area contributed by atoms with Crippen LogP contribution in [-0.2, 0) is 6.54 Å². The molecule has 102 valence electrons. The van der Waals surface area contributed by atoms with E-state index in [1.807, 2.05) is 18.7 Å². The summed E-state index contributed by atoms with van der Waals surface area (Å²) < 4.78 is 2.15. The molecule has 1 fully saturated rings. The predicted molar refractivity (Wildman–Crippen MR) is 74.3 cm³/mol. The van der Waals surface area contributed by atoms with Gasteiger partial charge in [0.15, 0.2) is 0 Å². The van der Waals surface area contributed by atoms with E-state index in [2.05, 4.69) is 21.4 Å². The van der Waals surface area contributed by atoms with Crippen molar-refractivity contribution in [2.45, 2.75) is 45.2 Å². The predicted octanol–water partition coefficient (Wildman–Crippen LogP) is 1.72. The lowest BCUT2D eigenvalue weighted by atomic mass is 9.89. The molecule has 18 heavy (non-hydrogen) atoms. The number of nitrogens with zero attached hydrogens (tertiary/aromatic N) is 3. The average molecular weight is 250 g/mol. The van der Waals surface area contributed by atoms with Gasteiger partial charge >= 0.3 is 0 Å². The van der Waals surface area contributed by atoms with E-state index >= 15 is 0 Å². The number of imidazole rings is 1. The molecule has 0 saturated carbocycles. The number of piperidine rings is 1. The highest BCUT2D eigenvalue weighted by atomic mass is 15.2. The molecule has 0 aliphatic carbocycles. The largest absolute Gasteiger partial charge is 0.337 e. The van der Waals surface area contributed by atoms with Gasteiger partial charge in [-0.2, -0.15) is 0 Å². The summed E-state index contributed by atoms with van der Waals surface area (Å²) in [5.41, 5.74) is 5.92. The molecule has 2 unspecified atom stereocenters. The molecule has 1 aliphatic rings. The highest BCUT2D eigenvalue weighted by Gasteiger charge is 2.25. The van der Waals surface area contributed by atoms with Gasteiger partial charge in [0.1, 0.15) is 0 Å². The zero-order valence-corrected chi connectivity index (χ0v) is 11.5. The fourth-order valence-electron chi connectivity index (χ4n) is 2.97. The molecule has 1 aliphatic heterocycles. The Bertz CT molecular complexity index is 323. The van der Waals surface area contributed by atoms with Crippen LogP contribution in [0.3, 0.4) is 0 Å². The molecule has 0 radical (unpaired) electrons. The SMILES string of the molecule is CCC1CCN(CCCn2ccnc2)C(CN)C1. The van der Waals surface area contributed by atoms with Crippen LogP contribution >= 0.6 is 0 Å². The van der Waals surface area contributed by atoms with Crippen molar-refractivity contribution in [1.82, 2.24) is 14.5 Å². The average Bonchev–Trinajstić information content (AvgIpc) is 2.92. The van der Waals surface area contributed by atoms with Gasteiger partial charge < -0.3 is 10.3 Å². The minimum absolute atomic E-state index is 0.603. The highest BCUT2D eigenvalue weighted by Crippen LogP contribution is 2.24. The number of hydrogen-bond donors (Lipinski definition) is 1. The van der Waals surface area contributed by atoms with Gasteiger partial charge in [0, 0.05) is 38.1 Å². The van der Waals surface area contributed by atoms with Gasteiger partial charge in [0.05, 0.1) is 6.33 Å². The van der Waals surface area contributed by atoms with Crippen molar-refractivity contribution < 1.29 is 0 Å². The van der Waals surface area contributed by atoms with Crippen molar-refractivity contribution >= 4 is 0 Å². The molecule has 4 nitrogen and oxygen atoms in total. The lowest BCUT2D eigenvalue weighted by Crippen LogP contribution is -2.47.